The molecule has 0 bridgehead atoms. The van der Waals surface area contributed by atoms with Crippen molar-refractivity contribution in [2.24, 2.45) is 0 Å². The first kappa shape index (κ1) is 15.7. The number of nitrogens with one attached hydrogen (secondary N) is 1. The monoisotopic (exact) mass is 330 g/mol. The number of hydrogen-bond acceptors (Lipinski definition) is 5. The molecule has 1 heterocycles. The van der Waals surface area contributed by atoms with E-state index in [1.165, 1.54) is 11.3 Å². The summed E-state index contributed by atoms with van der Waals surface area (Å²) >= 11 is 1.39. The fourth-order valence-electron chi connectivity index (χ4n) is 2.19. The highest BCUT2D eigenvalue weighted by Crippen LogP contribution is 2.29. The molecular weight excluding hydrogens is 312 g/mol. The van der Waals surface area contributed by atoms with Crippen molar-refractivity contribution in [2.75, 3.05) is 6.61 Å². The zero-order valence-electron chi connectivity index (χ0n) is 13.1. The third-order valence-electron chi connectivity index (χ3n) is 3.53. The maximum absolute atomic E-state index is 11.6. The molecule has 0 spiro atoms. The number of ketones is 1. The lowest BCUT2D eigenvalue weighted by molar-refractivity contribution is -0.123. The zero-order valence-corrected chi connectivity index (χ0v) is 13.9. The van der Waals surface area contributed by atoms with E-state index in [2.05, 4.69) is 10.3 Å². The van der Waals surface area contributed by atoms with Gasteiger partial charge in [-0.3, -0.25) is 9.59 Å². The number of hydrogen-bond donors (Lipinski definition) is 1. The molecule has 1 N–H and O–H groups in total. The molecule has 0 saturated heterocycles. The molecule has 1 aliphatic rings. The number of aryl methyl sites for hydroxylation is 1. The minimum atomic E-state index is -0.0850. The van der Waals surface area contributed by atoms with E-state index in [1.807, 2.05) is 31.2 Å². The summed E-state index contributed by atoms with van der Waals surface area (Å²) in [5.41, 5.74) is 1.69. The maximum Gasteiger partial charge on any atom is 0.258 e. The number of Topliss-reactive ketones (excluding diaryl/α,β-unsaturated/α-hetero) is 1. The first-order valence-corrected chi connectivity index (χ1v) is 8.35. The Kier molecular flexibility index (Phi) is 4.43. The van der Waals surface area contributed by atoms with Crippen LogP contribution in [-0.2, 0) is 4.79 Å². The number of thiazole rings is 1. The molecule has 0 radical (unpaired) electrons. The van der Waals surface area contributed by atoms with Gasteiger partial charge in [0, 0.05) is 18.5 Å². The Balaban J connectivity index is 1.63. The fourth-order valence-corrected chi connectivity index (χ4v) is 3.15. The van der Waals surface area contributed by atoms with Gasteiger partial charge < -0.3 is 10.1 Å². The van der Waals surface area contributed by atoms with Crippen molar-refractivity contribution in [3.63, 3.8) is 0 Å². The van der Waals surface area contributed by atoms with Crippen LogP contribution in [0.25, 0.3) is 10.6 Å². The Morgan fingerprint density at radius 1 is 1.30 bits per heavy atom. The minimum absolute atomic E-state index is 0.0285. The van der Waals surface area contributed by atoms with Crippen molar-refractivity contribution < 1.29 is 14.3 Å². The van der Waals surface area contributed by atoms with E-state index in [-0.39, 0.29) is 18.3 Å². The molecule has 1 fully saturated rings. The predicted octanol–water partition coefficient (Wildman–Crippen LogP) is 2.98. The normalized spacial score (nSPS) is 13.7. The summed E-state index contributed by atoms with van der Waals surface area (Å²) in [5, 5.41) is 3.69. The molecule has 23 heavy (non-hydrogen) atoms. The van der Waals surface area contributed by atoms with E-state index in [1.54, 1.807) is 6.92 Å². The molecule has 1 aromatic carbocycles. The van der Waals surface area contributed by atoms with Gasteiger partial charge in [-0.25, -0.2) is 4.98 Å². The van der Waals surface area contributed by atoms with Crippen LogP contribution in [0.5, 0.6) is 5.75 Å². The van der Waals surface area contributed by atoms with Crippen LogP contribution in [0, 0.1) is 6.92 Å². The number of ether oxygens (including phenoxy) is 1. The third kappa shape index (κ3) is 3.96. The lowest BCUT2D eigenvalue weighted by atomic mass is 10.2. The van der Waals surface area contributed by atoms with Crippen molar-refractivity contribution in [2.45, 2.75) is 32.7 Å². The molecule has 1 saturated carbocycles. The fraction of sp³-hybridized carbons (Fsp3) is 0.353. The minimum Gasteiger partial charge on any atom is -0.484 e. The zero-order chi connectivity index (χ0) is 16.4. The van der Waals surface area contributed by atoms with Gasteiger partial charge in [0.1, 0.15) is 10.8 Å². The lowest BCUT2D eigenvalue weighted by Gasteiger charge is -2.07. The second-order valence-corrected chi connectivity index (χ2v) is 6.64. The lowest BCUT2D eigenvalue weighted by Crippen LogP contribution is -2.30. The first-order chi connectivity index (χ1) is 11.0. The van der Waals surface area contributed by atoms with Gasteiger partial charge in [-0.2, -0.15) is 0 Å². The molecule has 5 nitrogen and oxygen atoms in total. The molecule has 6 heteroatoms. The van der Waals surface area contributed by atoms with E-state index in [0.29, 0.717) is 16.7 Å². The van der Waals surface area contributed by atoms with Crippen LogP contribution in [0.15, 0.2) is 24.3 Å². The summed E-state index contributed by atoms with van der Waals surface area (Å²) in [4.78, 5) is 28.2. The average molecular weight is 330 g/mol. The average Bonchev–Trinajstić information content (AvgIpc) is 3.24. The van der Waals surface area contributed by atoms with E-state index >= 15 is 0 Å². The number of nitrogens with zero attached hydrogens (tertiary/aromatic N) is 1. The Morgan fingerprint density at radius 3 is 2.57 bits per heavy atom. The Bertz CT molecular complexity index is 733. The molecule has 0 unspecified atom stereocenters. The van der Waals surface area contributed by atoms with Crippen LogP contribution in [0.2, 0.25) is 0 Å². The Morgan fingerprint density at radius 2 is 2.00 bits per heavy atom. The number of aromatic nitrogens is 1. The highest BCUT2D eigenvalue weighted by atomic mass is 32.1. The second kappa shape index (κ2) is 6.50. The van der Waals surface area contributed by atoms with Gasteiger partial charge in [-0.1, -0.05) is 0 Å². The van der Waals surface area contributed by atoms with E-state index in [9.17, 15) is 9.59 Å². The summed E-state index contributed by atoms with van der Waals surface area (Å²) in [6, 6.07) is 7.73. The molecular formula is C17H18N2O3S. The quantitative estimate of drug-likeness (QED) is 0.827. The van der Waals surface area contributed by atoms with Gasteiger partial charge in [0.2, 0.25) is 0 Å². The smallest absolute Gasteiger partial charge is 0.258 e. The molecule has 1 aromatic heterocycles. The van der Waals surface area contributed by atoms with Crippen LogP contribution < -0.4 is 10.1 Å². The molecule has 0 aliphatic heterocycles. The molecule has 1 aliphatic carbocycles. The highest BCUT2D eigenvalue weighted by molar-refractivity contribution is 7.17. The molecule has 3 rings (SSSR count). The number of rotatable bonds is 6. The van der Waals surface area contributed by atoms with Crippen LogP contribution in [-0.4, -0.2) is 29.3 Å². The van der Waals surface area contributed by atoms with Gasteiger partial charge in [0.15, 0.2) is 12.4 Å². The summed E-state index contributed by atoms with van der Waals surface area (Å²) in [6.07, 6.45) is 2.13. The first-order valence-electron chi connectivity index (χ1n) is 7.54. The van der Waals surface area contributed by atoms with Gasteiger partial charge in [-0.15, -0.1) is 11.3 Å². The number of amides is 1. The highest BCUT2D eigenvalue weighted by Gasteiger charge is 2.23. The van der Waals surface area contributed by atoms with Crippen LogP contribution in [0.3, 0.4) is 0 Å². The standard InChI is InChI=1S/C17H18N2O3S/c1-10-16(11(2)20)23-17(18-10)12-3-7-14(8-4-12)22-9-15(21)19-13-5-6-13/h3-4,7-8,13H,5-6,9H2,1-2H3,(H,19,21). The number of benzene rings is 1. The van der Waals surface area contributed by atoms with Gasteiger partial charge in [0.05, 0.1) is 10.6 Å². The number of carbonyl (C=O) groups is 2. The Labute approximate surface area is 138 Å². The SMILES string of the molecule is CC(=O)c1sc(-c2ccc(OCC(=O)NC3CC3)cc2)nc1C. The van der Waals surface area contributed by atoms with E-state index < -0.39 is 0 Å². The van der Waals surface area contributed by atoms with Crippen molar-refractivity contribution in [1.29, 1.82) is 0 Å². The predicted molar refractivity (Wildman–Crippen MR) is 89.0 cm³/mol. The maximum atomic E-state index is 11.6. The summed E-state index contributed by atoms with van der Waals surface area (Å²) < 4.78 is 5.47. The second-order valence-electron chi connectivity index (χ2n) is 5.64. The molecule has 2 aromatic rings. The largest absolute Gasteiger partial charge is 0.484 e. The Hall–Kier alpha value is -2.21. The topological polar surface area (TPSA) is 68.3 Å². The summed E-state index contributed by atoms with van der Waals surface area (Å²) in [5.74, 6) is 0.589. The van der Waals surface area contributed by atoms with Gasteiger partial charge in [-0.05, 0) is 44.0 Å². The number of carbonyl (C=O) groups excluding carboxylic acids is 2. The van der Waals surface area contributed by atoms with E-state index in [4.69, 9.17) is 4.74 Å². The van der Waals surface area contributed by atoms with Crippen molar-refractivity contribution >= 4 is 23.0 Å². The third-order valence-corrected chi connectivity index (χ3v) is 4.84. The van der Waals surface area contributed by atoms with Crippen molar-refractivity contribution in [3.8, 4) is 16.3 Å². The van der Waals surface area contributed by atoms with Crippen molar-refractivity contribution in [3.05, 3.63) is 34.8 Å². The molecule has 120 valence electrons. The molecule has 0 atom stereocenters. The summed E-state index contributed by atoms with van der Waals surface area (Å²) in [6.45, 7) is 3.42. The van der Waals surface area contributed by atoms with Gasteiger partial charge >= 0.3 is 0 Å². The van der Waals surface area contributed by atoms with Crippen molar-refractivity contribution in [1.82, 2.24) is 10.3 Å². The molecule has 1 amide bonds. The van der Waals surface area contributed by atoms with Crippen LogP contribution in [0.1, 0.15) is 35.1 Å². The summed E-state index contributed by atoms with van der Waals surface area (Å²) in [7, 11) is 0. The van der Waals surface area contributed by atoms with Gasteiger partial charge in [0.25, 0.3) is 5.91 Å². The van der Waals surface area contributed by atoms with Crippen LogP contribution >= 0.6 is 11.3 Å². The van der Waals surface area contributed by atoms with Crippen LogP contribution in [0.4, 0.5) is 0 Å². The van der Waals surface area contributed by atoms with E-state index in [0.717, 1.165) is 29.1 Å².